The van der Waals surface area contributed by atoms with Gasteiger partial charge in [0.1, 0.15) is 11.8 Å². The molecule has 22 heavy (non-hydrogen) atoms. The second-order valence-electron chi connectivity index (χ2n) is 4.54. The molecule has 2 rings (SSSR count). The van der Waals surface area contributed by atoms with Crippen molar-refractivity contribution in [1.29, 1.82) is 5.26 Å². The number of nitrogens with zero attached hydrogens (tertiary/aromatic N) is 1. The summed E-state index contributed by atoms with van der Waals surface area (Å²) in [6, 6.07) is 16.1. The molecule has 0 aliphatic rings. The molecule has 0 saturated heterocycles. The van der Waals surface area contributed by atoms with Crippen molar-refractivity contribution < 1.29 is 9.53 Å². The highest BCUT2D eigenvalue weighted by Crippen LogP contribution is 2.14. The summed E-state index contributed by atoms with van der Waals surface area (Å²) in [5, 5.41) is 14.4. The molecule has 2 N–H and O–H groups in total. The van der Waals surface area contributed by atoms with E-state index < -0.39 is 0 Å². The average Bonchev–Trinajstić information content (AvgIpc) is 2.55. The van der Waals surface area contributed by atoms with Crippen molar-refractivity contribution in [3.63, 3.8) is 0 Å². The topological polar surface area (TPSA) is 74.2 Å². The lowest BCUT2D eigenvalue weighted by atomic mass is 10.2. The van der Waals surface area contributed by atoms with Gasteiger partial charge in [0.15, 0.2) is 0 Å². The van der Waals surface area contributed by atoms with Gasteiger partial charge in [0.25, 0.3) is 0 Å². The maximum Gasteiger partial charge on any atom is 0.319 e. The van der Waals surface area contributed by atoms with E-state index in [2.05, 4.69) is 10.6 Å². The van der Waals surface area contributed by atoms with Crippen LogP contribution in [0.2, 0.25) is 0 Å². The van der Waals surface area contributed by atoms with E-state index in [1.165, 1.54) is 0 Å². The van der Waals surface area contributed by atoms with Crippen LogP contribution in [0.3, 0.4) is 0 Å². The number of hydrogen-bond donors (Lipinski definition) is 2. The number of benzene rings is 2. The molecule has 0 fully saturated rings. The molecule has 112 valence electrons. The lowest BCUT2D eigenvalue weighted by Crippen LogP contribution is -2.28. The summed E-state index contributed by atoms with van der Waals surface area (Å²) in [7, 11) is 0. The van der Waals surface area contributed by atoms with E-state index in [4.69, 9.17) is 10.00 Å². The maximum absolute atomic E-state index is 11.9. The van der Waals surface area contributed by atoms with Crippen molar-refractivity contribution in [2.45, 2.75) is 13.5 Å². The van der Waals surface area contributed by atoms with Crippen LogP contribution in [-0.4, -0.2) is 12.6 Å². The van der Waals surface area contributed by atoms with E-state index in [1.807, 2.05) is 37.3 Å². The number of para-hydroxylation sites is 1. The van der Waals surface area contributed by atoms with Gasteiger partial charge < -0.3 is 15.4 Å². The van der Waals surface area contributed by atoms with Gasteiger partial charge in [-0.05, 0) is 36.8 Å². The lowest BCUT2D eigenvalue weighted by Gasteiger charge is -2.09. The normalized spacial score (nSPS) is 9.64. The third-order valence-corrected chi connectivity index (χ3v) is 2.98. The number of carbonyl (C=O) groups is 1. The standard InChI is InChI=1S/C17H17N3O2/c1-2-22-15-9-7-13(8-10-15)12-19-17(21)20-16-6-4-3-5-14(16)11-18/h3-10H,2,12H2,1H3,(H2,19,20,21). The number of amides is 2. The molecule has 0 radical (unpaired) electrons. The van der Waals surface area contributed by atoms with Crippen molar-refractivity contribution in [1.82, 2.24) is 5.32 Å². The summed E-state index contributed by atoms with van der Waals surface area (Å²) in [6.45, 7) is 2.95. The van der Waals surface area contributed by atoms with E-state index in [-0.39, 0.29) is 6.03 Å². The third kappa shape index (κ3) is 4.25. The van der Waals surface area contributed by atoms with Crippen LogP contribution in [0.25, 0.3) is 0 Å². The van der Waals surface area contributed by atoms with Crippen molar-refractivity contribution >= 4 is 11.7 Å². The smallest absolute Gasteiger partial charge is 0.319 e. The minimum atomic E-state index is -0.350. The van der Waals surface area contributed by atoms with Gasteiger partial charge in [0.2, 0.25) is 0 Å². The highest BCUT2D eigenvalue weighted by atomic mass is 16.5. The van der Waals surface area contributed by atoms with Crippen molar-refractivity contribution in [2.24, 2.45) is 0 Å². The van der Waals surface area contributed by atoms with Crippen LogP contribution in [0, 0.1) is 11.3 Å². The summed E-state index contributed by atoms with van der Waals surface area (Å²) >= 11 is 0. The molecular weight excluding hydrogens is 278 g/mol. The number of rotatable bonds is 5. The van der Waals surface area contributed by atoms with Crippen LogP contribution in [0.5, 0.6) is 5.75 Å². The molecule has 5 heteroatoms. The lowest BCUT2D eigenvalue weighted by molar-refractivity contribution is 0.251. The first-order chi connectivity index (χ1) is 10.7. The molecule has 0 heterocycles. The van der Waals surface area contributed by atoms with Gasteiger partial charge in [0.05, 0.1) is 17.9 Å². The van der Waals surface area contributed by atoms with E-state index in [9.17, 15) is 4.79 Å². The first-order valence-electron chi connectivity index (χ1n) is 6.98. The Morgan fingerprint density at radius 2 is 1.91 bits per heavy atom. The first-order valence-corrected chi connectivity index (χ1v) is 6.98. The predicted octanol–water partition coefficient (Wildman–Crippen LogP) is 3.28. The second kappa shape index (κ2) is 7.70. The summed E-state index contributed by atoms with van der Waals surface area (Å²) in [6.07, 6.45) is 0. The molecular formula is C17H17N3O2. The SMILES string of the molecule is CCOc1ccc(CNC(=O)Nc2ccccc2C#N)cc1. The zero-order valence-corrected chi connectivity index (χ0v) is 12.3. The van der Waals surface area contributed by atoms with Gasteiger partial charge in [-0.25, -0.2) is 4.79 Å². The Morgan fingerprint density at radius 1 is 1.18 bits per heavy atom. The van der Waals surface area contributed by atoms with Crippen molar-refractivity contribution in [3.8, 4) is 11.8 Å². The molecule has 2 amide bonds. The molecule has 0 atom stereocenters. The largest absolute Gasteiger partial charge is 0.494 e. The molecule has 2 aromatic carbocycles. The van der Waals surface area contributed by atoms with Gasteiger partial charge in [-0.3, -0.25) is 0 Å². The number of anilines is 1. The van der Waals surface area contributed by atoms with E-state index >= 15 is 0 Å². The van der Waals surface area contributed by atoms with Gasteiger partial charge in [-0.1, -0.05) is 24.3 Å². The Kier molecular flexibility index (Phi) is 5.38. The number of hydrogen-bond acceptors (Lipinski definition) is 3. The average molecular weight is 295 g/mol. The van der Waals surface area contributed by atoms with Gasteiger partial charge in [-0.15, -0.1) is 0 Å². The quantitative estimate of drug-likeness (QED) is 0.889. The molecule has 0 aliphatic heterocycles. The first kappa shape index (κ1) is 15.4. The Hall–Kier alpha value is -3.00. The zero-order chi connectivity index (χ0) is 15.8. The van der Waals surface area contributed by atoms with E-state index in [0.29, 0.717) is 24.4 Å². The minimum absolute atomic E-state index is 0.350. The number of ether oxygens (including phenoxy) is 1. The molecule has 0 bridgehead atoms. The van der Waals surface area contributed by atoms with Crippen molar-refractivity contribution in [3.05, 3.63) is 59.7 Å². The molecule has 2 aromatic rings. The van der Waals surface area contributed by atoms with Gasteiger partial charge in [-0.2, -0.15) is 5.26 Å². The fourth-order valence-electron chi connectivity index (χ4n) is 1.91. The summed E-state index contributed by atoms with van der Waals surface area (Å²) in [5.74, 6) is 0.804. The van der Waals surface area contributed by atoms with Crippen molar-refractivity contribution in [2.75, 3.05) is 11.9 Å². The molecule has 0 aliphatic carbocycles. The highest BCUT2D eigenvalue weighted by molar-refractivity contribution is 5.90. The summed E-state index contributed by atoms with van der Waals surface area (Å²) < 4.78 is 5.36. The minimum Gasteiger partial charge on any atom is -0.494 e. The number of nitriles is 1. The van der Waals surface area contributed by atoms with Crippen LogP contribution in [0.15, 0.2) is 48.5 Å². The van der Waals surface area contributed by atoms with Gasteiger partial charge in [0, 0.05) is 6.54 Å². The molecule has 5 nitrogen and oxygen atoms in total. The maximum atomic E-state index is 11.9. The van der Waals surface area contributed by atoms with Crippen LogP contribution < -0.4 is 15.4 Å². The Morgan fingerprint density at radius 3 is 2.59 bits per heavy atom. The Bertz CT molecular complexity index is 675. The summed E-state index contributed by atoms with van der Waals surface area (Å²) in [5.41, 5.74) is 1.89. The molecule has 0 saturated carbocycles. The number of nitrogens with one attached hydrogen (secondary N) is 2. The summed E-state index contributed by atoms with van der Waals surface area (Å²) in [4.78, 5) is 11.9. The zero-order valence-electron chi connectivity index (χ0n) is 12.3. The number of carbonyl (C=O) groups excluding carboxylic acids is 1. The van der Waals surface area contributed by atoms with E-state index in [1.54, 1.807) is 24.3 Å². The van der Waals surface area contributed by atoms with Crippen LogP contribution in [-0.2, 0) is 6.54 Å². The molecule has 0 unspecified atom stereocenters. The Balaban J connectivity index is 1.89. The second-order valence-corrected chi connectivity index (χ2v) is 4.54. The van der Waals surface area contributed by atoms with Crippen LogP contribution in [0.4, 0.5) is 10.5 Å². The predicted molar refractivity (Wildman–Crippen MR) is 84.6 cm³/mol. The molecule has 0 spiro atoms. The van der Waals surface area contributed by atoms with Crippen LogP contribution >= 0.6 is 0 Å². The molecule has 0 aromatic heterocycles. The van der Waals surface area contributed by atoms with E-state index in [0.717, 1.165) is 11.3 Å². The Labute approximate surface area is 129 Å². The monoisotopic (exact) mass is 295 g/mol. The third-order valence-electron chi connectivity index (χ3n) is 2.98. The van der Waals surface area contributed by atoms with Crippen LogP contribution in [0.1, 0.15) is 18.1 Å². The highest BCUT2D eigenvalue weighted by Gasteiger charge is 2.05. The number of urea groups is 1. The fourth-order valence-corrected chi connectivity index (χ4v) is 1.91. The fraction of sp³-hybridized carbons (Fsp3) is 0.176. The van der Waals surface area contributed by atoms with Gasteiger partial charge >= 0.3 is 6.03 Å².